The molecule has 2 aliphatic rings. The van der Waals surface area contributed by atoms with E-state index in [1.807, 2.05) is 24.3 Å². The highest BCUT2D eigenvalue weighted by Gasteiger charge is 2.37. The molecule has 0 bridgehead atoms. The lowest BCUT2D eigenvalue weighted by molar-refractivity contribution is -0.127. The number of nitrogens with zero attached hydrogens (tertiary/aromatic N) is 1. The van der Waals surface area contributed by atoms with Gasteiger partial charge in [0.25, 0.3) is 0 Å². The van der Waals surface area contributed by atoms with Crippen LogP contribution in [0.1, 0.15) is 54.6 Å². The van der Waals surface area contributed by atoms with Crippen LogP contribution in [-0.4, -0.2) is 37.5 Å². The van der Waals surface area contributed by atoms with Crippen molar-refractivity contribution >= 4 is 33.3 Å². The average Bonchev–Trinajstić information content (AvgIpc) is 3.63. The minimum absolute atomic E-state index is 0.0142. The molecule has 0 aromatic heterocycles. The number of benzene rings is 2. The molecule has 8 heteroatoms. The summed E-state index contributed by atoms with van der Waals surface area (Å²) in [6.07, 6.45) is 3.14. The van der Waals surface area contributed by atoms with Crippen molar-refractivity contribution in [1.29, 1.82) is 0 Å². The smallest absolute Gasteiger partial charge is 0.243 e. The first-order valence-electron chi connectivity index (χ1n) is 10.9. The van der Waals surface area contributed by atoms with Crippen molar-refractivity contribution in [1.82, 2.24) is 9.62 Å². The van der Waals surface area contributed by atoms with Gasteiger partial charge in [-0.15, -0.1) is 0 Å². The van der Waals surface area contributed by atoms with E-state index in [4.69, 9.17) is 11.6 Å². The van der Waals surface area contributed by atoms with Crippen LogP contribution in [0.3, 0.4) is 0 Å². The maximum absolute atomic E-state index is 13.0. The molecule has 1 amide bonds. The summed E-state index contributed by atoms with van der Waals surface area (Å²) >= 11 is 6.00. The van der Waals surface area contributed by atoms with Crippen LogP contribution in [-0.2, 0) is 14.8 Å². The van der Waals surface area contributed by atoms with E-state index in [0.717, 1.165) is 18.4 Å². The van der Waals surface area contributed by atoms with Gasteiger partial charge in [0.05, 0.1) is 10.9 Å². The fourth-order valence-corrected chi connectivity index (χ4v) is 5.81. The van der Waals surface area contributed by atoms with Crippen LogP contribution in [0.5, 0.6) is 0 Å². The zero-order valence-corrected chi connectivity index (χ0v) is 19.5. The Bertz CT molecular complexity index is 1090. The topological polar surface area (TPSA) is 83.6 Å². The van der Waals surface area contributed by atoms with E-state index in [1.165, 1.54) is 35.5 Å². The van der Waals surface area contributed by atoms with Gasteiger partial charge in [-0.2, -0.15) is 4.31 Å². The summed E-state index contributed by atoms with van der Waals surface area (Å²) in [7, 11) is -3.65. The first-order chi connectivity index (χ1) is 15.3. The first-order valence-corrected chi connectivity index (χ1v) is 12.7. The van der Waals surface area contributed by atoms with Crippen molar-refractivity contribution in [3.05, 3.63) is 64.7 Å². The van der Waals surface area contributed by atoms with Crippen molar-refractivity contribution in [3.63, 3.8) is 0 Å². The summed E-state index contributed by atoms with van der Waals surface area (Å²) in [5.74, 6) is 0.109. The van der Waals surface area contributed by atoms with Gasteiger partial charge in [0.1, 0.15) is 0 Å². The third kappa shape index (κ3) is 5.05. The first kappa shape index (κ1) is 23.0. The number of amides is 1. The molecule has 1 atom stereocenters. The fourth-order valence-electron chi connectivity index (χ4n) is 4.21. The lowest BCUT2D eigenvalue weighted by atomic mass is 9.95. The van der Waals surface area contributed by atoms with E-state index in [2.05, 4.69) is 5.32 Å². The molecule has 2 aromatic carbocycles. The second-order valence-electron chi connectivity index (χ2n) is 8.63. The minimum Gasteiger partial charge on any atom is -0.349 e. The molecule has 1 saturated heterocycles. The summed E-state index contributed by atoms with van der Waals surface area (Å²) < 4.78 is 27.4. The zero-order valence-electron chi connectivity index (χ0n) is 18.0. The van der Waals surface area contributed by atoms with Crippen LogP contribution in [0, 0.1) is 11.8 Å². The highest BCUT2D eigenvalue weighted by molar-refractivity contribution is 7.89. The van der Waals surface area contributed by atoms with E-state index in [9.17, 15) is 18.0 Å². The van der Waals surface area contributed by atoms with E-state index in [0.29, 0.717) is 42.4 Å². The van der Waals surface area contributed by atoms with Gasteiger partial charge in [-0.1, -0.05) is 35.9 Å². The van der Waals surface area contributed by atoms with Crippen LogP contribution >= 0.6 is 11.6 Å². The summed E-state index contributed by atoms with van der Waals surface area (Å²) in [4.78, 5) is 24.6. The standard InChI is InChI=1S/C24H27ClN2O4S/c1-16(28)17-6-10-22(11-7-17)32(30,31)27-14-12-20(13-15-27)24(29)26-23(18-2-3-18)19-4-8-21(25)9-5-19/h4-11,18,20,23H,2-3,12-15H2,1H3,(H,26,29). The number of rotatable bonds is 7. The number of Topliss-reactive ketones (excluding diaryl/α,β-unsaturated/α-hetero) is 1. The molecule has 1 N–H and O–H groups in total. The van der Waals surface area contributed by atoms with Crippen molar-refractivity contribution in [2.24, 2.45) is 11.8 Å². The van der Waals surface area contributed by atoms with Crippen LogP contribution < -0.4 is 5.32 Å². The number of hydrogen-bond donors (Lipinski definition) is 1. The monoisotopic (exact) mass is 474 g/mol. The van der Waals surface area contributed by atoms with Crippen LogP contribution in [0.15, 0.2) is 53.4 Å². The molecule has 2 aromatic rings. The molecule has 32 heavy (non-hydrogen) atoms. The fraction of sp³-hybridized carbons (Fsp3) is 0.417. The molecule has 1 aliphatic heterocycles. The van der Waals surface area contributed by atoms with Crippen molar-refractivity contribution < 1.29 is 18.0 Å². The number of hydrogen-bond acceptors (Lipinski definition) is 4. The van der Waals surface area contributed by atoms with E-state index < -0.39 is 10.0 Å². The molecule has 1 aliphatic carbocycles. The summed E-state index contributed by atoms with van der Waals surface area (Å²) in [5.41, 5.74) is 1.53. The maximum Gasteiger partial charge on any atom is 0.243 e. The van der Waals surface area contributed by atoms with Gasteiger partial charge in [-0.05, 0) is 68.4 Å². The molecular formula is C24H27ClN2O4S. The van der Waals surface area contributed by atoms with Gasteiger partial charge in [0, 0.05) is 29.6 Å². The number of ketones is 1. The number of halogens is 1. The Labute approximate surface area is 194 Å². The third-order valence-electron chi connectivity index (χ3n) is 6.34. The molecule has 1 unspecified atom stereocenters. The maximum atomic E-state index is 13.0. The predicted octanol–water partition coefficient (Wildman–Crippen LogP) is 4.21. The van der Waals surface area contributed by atoms with Gasteiger partial charge in [0.2, 0.25) is 15.9 Å². The lowest BCUT2D eigenvalue weighted by Gasteiger charge is -2.31. The highest BCUT2D eigenvalue weighted by Crippen LogP contribution is 2.41. The minimum atomic E-state index is -3.65. The van der Waals surface area contributed by atoms with Crippen LogP contribution in [0.4, 0.5) is 0 Å². The Kier molecular flexibility index (Phi) is 6.70. The van der Waals surface area contributed by atoms with E-state index in [1.54, 1.807) is 0 Å². The van der Waals surface area contributed by atoms with Gasteiger partial charge in [-0.3, -0.25) is 9.59 Å². The number of carbonyl (C=O) groups excluding carboxylic acids is 2. The highest BCUT2D eigenvalue weighted by atomic mass is 35.5. The average molecular weight is 475 g/mol. The van der Waals surface area contributed by atoms with Gasteiger partial charge < -0.3 is 5.32 Å². The summed E-state index contributed by atoms with van der Waals surface area (Å²) in [6.45, 7) is 2.04. The Morgan fingerprint density at radius 2 is 1.56 bits per heavy atom. The molecule has 4 rings (SSSR count). The summed E-state index contributed by atoms with van der Waals surface area (Å²) in [6, 6.07) is 13.6. The molecule has 0 radical (unpaired) electrons. The molecule has 0 spiro atoms. The zero-order chi connectivity index (χ0) is 22.9. The van der Waals surface area contributed by atoms with Crippen LogP contribution in [0.25, 0.3) is 0 Å². The van der Waals surface area contributed by atoms with E-state index >= 15 is 0 Å². The quantitative estimate of drug-likeness (QED) is 0.609. The molecule has 1 saturated carbocycles. The Balaban J connectivity index is 1.37. The van der Waals surface area contributed by atoms with Gasteiger partial charge >= 0.3 is 0 Å². The van der Waals surface area contributed by atoms with Crippen molar-refractivity contribution in [3.8, 4) is 0 Å². The van der Waals surface area contributed by atoms with Gasteiger partial charge in [-0.25, -0.2) is 8.42 Å². The third-order valence-corrected chi connectivity index (χ3v) is 8.51. The van der Waals surface area contributed by atoms with Gasteiger partial charge in [0.15, 0.2) is 5.78 Å². The summed E-state index contributed by atoms with van der Waals surface area (Å²) in [5, 5.41) is 3.87. The predicted molar refractivity (Wildman–Crippen MR) is 123 cm³/mol. The normalized spacial score (nSPS) is 18.8. The number of piperidine rings is 1. The molecule has 1 heterocycles. The number of sulfonamides is 1. The van der Waals surface area contributed by atoms with Crippen molar-refractivity contribution in [2.75, 3.05) is 13.1 Å². The number of carbonyl (C=O) groups is 2. The SMILES string of the molecule is CC(=O)c1ccc(S(=O)(=O)N2CCC(C(=O)NC(c3ccc(Cl)cc3)C3CC3)CC2)cc1. The Morgan fingerprint density at radius 3 is 2.09 bits per heavy atom. The largest absolute Gasteiger partial charge is 0.349 e. The Morgan fingerprint density at radius 1 is 0.969 bits per heavy atom. The molecule has 170 valence electrons. The molecule has 2 fully saturated rings. The molecular weight excluding hydrogens is 448 g/mol. The van der Waals surface area contributed by atoms with Crippen molar-refractivity contribution in [2.45, 2.75) is 43.5 Å². The van der Waals surface area contributed by atoms with Crippen LogP contribution in [0.2, 0.25) is 5.02 Å². The lowest BCUT2D eigenvalue weighted by Crippen LogP contribution is -2.44. The Hall–Kier alpha value is -2.22. The second-order valence-corrected chi connectivity index (χ2v) is 11.0. The second kappa shape index (κ2) is 9.33. The number of nitrogens with one attached hydrogen (secondary N) is 1. The van der Waals surface area contributed by atoms with E-state index in [-0.39, 0.29) is 28.5 Å². The molecule has 6 nitrogen and oxygen atoms in total.